The highest BCUT2D eigenvalue weighted by Gasteiger charge is 2.22. The van der Waals surface area contributed by atoms with Crippen LogP contribution in [0.4, 0.5) is 0 Å². The van der Waals surface area contributed by atoms with Gasteiger partial charge in [-0.15, -0.1) is 0 Å². The normalized spacial score (nSPS) is 17.6. The molecule has 3 heteroatoms. The zero-order valence-electron chi connectivity index (χ0n) is 12.9. The van der Waals surface area contributed by atoms with Crippen molar-refractivity contribution in [3.05, 3.63) is 23.8 Å². The first kappa shape index (κ1) is 15.2. The number of benzene rings is 1. The van der Waals surface area contributed by atoms with Gasteiger partial charge in [0, 0.05) is 12.1 Å². The Bertz CT molecular complexity index is 423. The second-order valence-corrected chi connectivity index (χ2v) is 6.05. The van der Waals surface area contributed by atoms with E-state index in [1.54, 1.807) is 0 Å². The van der Waals surface area contributed by atoms with Crippen molar-refractivity contribution in [2.24, 2.45) is 11.8 Å². The summed E-state index contributed by atoms with van der Waals surface area (Å²) in [6.45, 7) is 10.2. The van der Waals surface area contributed by atoms with Gasteiger partial charge in [0.05, 0.1) is 6.61 Å². The van der Waals surface area contributed by atoms with Crippen molar-refractivity contribution in [1.82, 2.24) is 4.90 Å². The van der Waals surface area contributed by atoms with Gasteiger partial charge in [-0.3, -0.25) is 4.90 Å². The Kier molecular flexibility index (Phi) is 5.30. The molecule has 1 fully saturated rings. The van der Waals surface area contributed by atoms with Gasteiger partial charge < -0.3 is 9.84 Å². The minimum Gasteiger partial charge on any atom is -0.504 e. The number of ether oxygens (including phenoxy) is 1. The Morgan fingerprint density at radius 2 is 2.00 bits per heavy atom. The SMILES string of the molecule is CCOc1cccc(CN2CCC(C(C)C)CC2)c1O. The highest BCUT2D eigenvalue weighted by atomic mass is 16.5. The number of hydrogen-bond acceptors (Lipinski definition) is 3. The summed E-state index contributed by atoms with van der Waals surface area (Å²) in [7, 11) is 0. The van der Waals surface area contributed by atoms with Crippen molar-refractivity contribution in [3.63, 3.8) is 0 Å². The molecule has 0 unspecified atom stereocenters. The van der Waals surface area contributed by atoms with Crippen LogP contribution in [-0.2, 0) is 6.54 Å². The second kappa shape index (κ2) is 6.98. The van der Waals surface area contributed by atoms with Gasteiger partial charge in [-0.25, -0.2) is 0 Å². The smallest absolute Gasteiger partial charge is 0.162 e. The van der Waals surface area contributed by atoms with E-state index in [-0.39, 0.29) is 0 Å². The van der Waals surface area contributed by atoms with Crippen LogP contribution in [0.1, 0.15) is 39.2 Å². The third kappa shape index (κ3) is 3.66. The molecule has 1 N–H and O–H groups in total. The summed E-state index contributed by atoms with van der Waals surface area (Å²) in [6.07, 6.45) is 2.53. The highest BCUT2D eigenvalue weighted by molar-refractivity contribution is 5.45. The number of phenols is 1. The van der Waals surface area contributed by atoms with E-state index in [4.69, 9.17) is 4.74 Å². The van der Waals surface area contributed by atoms with E-state index in [2.05, 4.69) is 18.7 Å². The lowest BCUT2D eigenvalue weighted by molar-refractivity contribution is 0.150. The predicted molar refractivity (Wildman–Crippen MR) is 82.1 cm³/mol. The van der Waals surface area contributed by atoms with Gasteiger partial charge in [0.15, 0.2) is 11.5 Å². The average molecular weight is 277 g/mol. The van der Waals surface area contributed by atoms with Crippen molar-refractivity contribution in [2.75, 3.05) is 19.7 Å². The summed E-state index contributed by atoms with van der Waals surface area (Å²) >= 11 is 0. The van der Waals surface area contributed by atoms with Crippen molar-refractivity contribution < 1.29 is 9.84 Å². The second-order valence-electron chi connectivity index (χ2n) is 6.05. The van der Waals surface area contributed by atoms with Gasteiger partial charge in [0.1, 0.15) is 0 Å². The van der Waals surface area contributed by atoms with E-state index < -0.39 is 0 Å². The van der Waals surface area contributed by atoms with Gasteiger partial charge >= 0.3 is 0 Å². The molecule has 1 heterocycles. The molecule has 0 atom stereocenters. The minimum absolute atomic E-state index is 0.306. The van der Waals surface area contributed by atoms with Crippen LogP contribution < -0.4 is 4.74 Å². The molecule has 0 bridgehead atoms. The van der Waals surface area contributed by atoms with E-state index in [1.807, 2.05) is 25.1 Å². The van der Waals surface area contributed by atoms with E-state index in [9.17, 15) is 5.11 Å². The predicted octanol–water partition coefficient (Wildman–Crippen LogP) is 3.66. The van der Waals surface area contributed by atoms with Crippen molar-refractivity contribution in [2.45, 2.75) is 40.2 Å². The van der Waals surface area contributed by atoms with E-state index in [0.29, 0.717) is 18.1 Å². The zero-order chi connectivity index (χ0) is 14.5. The lowest BCUT2D eigenvalue weighted by atomic mass is 9.86. The van der Waals surface area contributed by atoms with E-state index in [1.165, 1.54) is 12.8 Å². The molecule has 112 valence electrons. The molecule has 0 amide bonds. The molecule has 0 aliphatic carbocycles. The zero-order valence-corrected chi connectivity index (χ0v) is 12.9. The maximum atomic E-state index is 10.2. The molecule has 1 aliphatic heterocycles. The van der Waals surface area contributed by atoms with Gasteiger partial charge in [0.25, 0.3) is 0 Å². The van der Waals surface area contributed by atoms with Crippen LogP contribution in [-0.4, -0.2) is 29.7 Å². The summed E-state index contributed by atoms with van der Waals surface area (Å²) in [5.74, 6) is 2.55. The largest absolute Gasteiger partial charge is 0.504 e. The first-order chi connectivity index (χ1) is 9.61. The fraction of sp³-hybridized carbons (Fsp3) is 0.647. The molecular weight excluding hydrogens is 250 g/mol. The standard InChI is InChI=1S/C17H27NO2/c1-4-20-16-7-5-6-15(17(16)19)12-18-10-8-14(9-11-18)13(2)3/h5-7,13-14,19H,4,8-12H2,1-3H3. The third-order valence-electron chi connectivity index (χ3n) is 4.35. The van der Waals surface area contributed by atoms with Crippen LogP contribution in [0.5, 0.6) is 11.5 Å². The van der Waals surface area contributed by atoms with Gasteiger partial charge in [0.2, 0.25) is 0 Å². The molecule has 20 heavy (non-hydrogen) atoms. The summed E-state index contributed by atoms with van der Waals surface area (Å²) < 4.78 is 5.45. The lowest BCUT2D eigenvalue weighted by Crippen LogP contribution is -2.34. The topological polar surface area (TPSA) is 32.7 Å². The highest BCUT2D eigenvalue weighted by Crippen LogP contribution is 2.32. The maximum absolute atomic E-state index is 10.2. The fourth-order valence-electron chi connectivity index (χ4n) is 2.99. The number of phenolic OH excluding ortho intramolecular Hbond substituents is 1. The third-order valence-corrected chi connectivity index (χ3v) is 4.35. The number of hydrogen-bond donors (Lipinski definition) is 1. The van der Waals surface area contributed by atoms with Crippen molar-refractivity contribution in [1.29, 1.82) is 0 Å². The Labute approximate surface area is 122 Å². The molecule has 2 rings (SSSR count). The first-order valence-electron chi connectivity index (χ1n) is 7.77. The monoisotopic (exact) mass is 277 g/mol. The van der Waals surface area contributed by atoms with Gasteiger partial charge in [-0.1, -0.05) is 26.0 Å². The number of nitrogens with zero attached hydrogens (tertiary/aromatic N) is 1. The Morgan fingerprint density at radius 1 is 1.30 bits per heavy atom. The average Bonchev–Trinajstić information content (AvgIpc) is 2.44. The molecule has 1 aromatic rings. The van der Waals surface area contributed by atoms with Crippen LogP contribution in [0.2, 0.25) is 0 Å². The van der Waals surface area contributed by atoms with Gasteiger partial charge in [-0.2, -0.15) is 0 Å². The molecule has 0 aromatic heterocycles. The van der Waals surface area contributed by atoms with Crippen molar-refractivity contribution in [3.8, 4) is 11.5 Å². The molecule has 1 saturated heterocycles. The van der Waals surface area contributed by atoms with Crippen molar-refractivity contribution >= 4 is 0 Å². The summed E-state index contributed by atoms with van der Waals surface area (Å²) in [4.78, 5) is 2.43. The molecule has 1 aromatic carbocycles. The van der Waals surface area contributed by atoms with Crippen LogP contribution >= 0.6 is 0 Å². The fourth-order valence-corrected chi connectivity index (χ4v) is 2.99. The number of piperidine rings is 1. The minimum atomic E-state index is 0.306. The summed E-state index contributed by atoms with van der Waals surface area (Å²) in [5.41, 5.74) is 0.971. The van der Waals surface area contributed by atoms with Crippen LogP contribution in [0, 0.1) is 11.8 Å². The Hall–Kier alpha value is -1.22. The Morgan fingerprint density at radius 3 is 2.60 bits per heavy atom. The van der Waals surface area contributed by atoms with E-state index >= 15 is 0 Å². The molecule has 3 nitrogen and oxygen atoms in total. The molecule has 0 saturated carbocycles. The number of para-hydroxylation sites is 1. The first-order valence-corrected chi connectivity index (χ1v) is 7.77. The number of likely N-dealkylation sites (tertiary alicyclic amines) is 1. The molecule has 0 spiro atoms. The van der Waals surface area contributed by atoms with Crippen LogP contribution in [0.25, 0.3) is 0 Å². The summed E-state index contributed by atoms with van der Waals surface area (Å²) in [6, 6.07) is 5.78. The number of rotatable bonds is 5. The lowest BCUT2D eigenvalue weighted by Gasteiger charge is -2.34. The Balaban J connectivity index is 1.96. The van der Waals surface area contributed by atoms with Gasteiger partial charge in [-0.05, 0) is 50.8 Å². The molecule has 1 aliphatic rings. The molecular formula is C17H27NO2. The maximum Gasteiger partial charge on any atom is 0.162 e. The van der Waals surface area contributed by atoms with Crippen LogP contribution in [0.3, 0.4) is 0 Å². The molecule has 0 radical (unpaired) electrons. The van der Waals surface area contributed by atoms with E-state index in [0.717, 1.165) is 37.0 Å². The van der Waals surface area contributed by atoms with Crippen LogP contribution in [0.15, 0.2) is 18.2 Å². The number of aromatic hydroxyl groups is 1. The summed E-state index contributed by atoms with van der Waals surface area (Å²) in [5, 5.41) is 10.2. The quantitative estimate of drug-likeness (QED) is 0.891.